The second-order valence-corrected chi connectivity index (χ2v) is 6.60. The van der Waals surface area contributed by atoms with Crippen molar-refractivity contribution in [3.8, 4) is 11.3 Å². The van der Waals surface area contributed by atoms with Gasteiger partial charge in [0.2, 0.25) is 0 Å². The van der Waals surface area contributed by atoms with Crippen LogP contribution in [0.4, 0.5) is 5.82 Å². The second-order valence-electron chi connectivity index (χ2n) is 5.75. The molecule has 6 nitrogen and oxygen atoms in total. The Morgan fingerprint density at radius 3 is 2.56 bits per heavy atom. The fourth-order valence-corrected chi connectivity index (χ4v) is 3.63. The number of hydrogen-bond donors (Lipinski definition) is 0. The molecule has 1 saturated heterocycles. The highest BCUT2D eigenvalue weighted by atomic mass is 32.1. The fraction of sp³-hybridized carbons (Fsp3) is 0.222. The van der Waals surface area contributed by atoms with Crippen molar-refractivity contribution in [2.75, 3.05) is 31.1 Å². The standard InChI is InChI=1S/C18H17N5OS/c24-18(17-21-15(13-25-17)14-4-2-1-3-5-14)23-10-8-22(9-11-23)16-12-19-6-7-20-16/h1-7,12-13H,8-11H2. The molecule has 0 saturated carbocycles. The Kier molecular flexibility index (Phi) is 4.39. The number of carbonyl (C=O) groups excluding carboxylic acids is 1. The predicted molar refractivity (Wildman–Crippen MR) is 97.7 cm³/mol. The van der Waals surface area contributed by atoms with Gasteiger partial charge in [-0.3, -0.25) is 9.78 Å². The van der Waals surface area contributed by atoms with Crippen LogP contribution in [0.3, 0.4) is 0 Å². The Bertz CT molecular complexity index is 844. The lowest BCUT2D eigenvalue weighted by atomic mass is 10.2. The van der Waals surface area contributed by atoms with Gasteiger partial charge in [0.05, 0.1) is 11.9 Å². The normalized spacial score (nSPS) is 14.6. The third kappa shape index (κ3) is 3.36. The summed E-state index contributed by atoms with van der Waals surface area (Å²) < 4.78 is 0. The summed E-state index contributed by atoms with van der Waals surface area (Å²) in [6, 6.07) is 9.92. The molecule has 4 rings (SSSR count). The lowest BCUT2D eigenvalue weighted by molar-refractivity contribution is 0.0746. The molecule has 0 spiro atoms. The van der Waals surface area contributed by atoms with Crippen LogP contribution in [0.25, 0.3) is 11.3 Å². The van der Waals surface area contributed by atoms with E-state index < -0.39 is 0 Å². The summed E-state index contributed by atoms with van der Waals surface area (Å²) in [6.07, 6.45) is 5.11. The van der Waals surface area contributed by atoms with Crippen molar-refractivity contribution in [2.24, 2.45) is 0 Å². The van der Waals surface area contributed by atoms with E-state index in [2.05, 4.69) is 19.9 Å². The molecule has 0 aliphatic carbocycles. The van der Waals surface area contributed by atoms with Crippen LogP contribution < -0.4 is 4.90 Å². The Morgan fingerprint density at radius 2 is 1.84 bits per heavy atom. The Hall–Kier alpha value is -2.80. The first-order valence-corrected chi connectivity index (χ1v) is 9.00. The van der Waals surface area contributed by atoms with E-state index in [9.17, 15) is 4.79 Å². The Morgan fingerprint density at radius 1 is 1.04 bits per heavy atom. The number of rotatable bonds is 3. The number of piperazine rings is 1. The maximum Gasteiger partial charge on any atom is 0.282 e. The minimum atomic E-state index is 0.00553. The van der Waals surface area contributed by atoms with E-state index in [-0.39, 0.29) is 5.91 Å². The van der Waals surface area contributed by atoms with Crippen molar-refractivity contribution in [3.05, 3.63) is 59.3 Å². The van der Waals surface area contributed by atoms with Crippen molar-refractivity contribution < 1.29 is 4.79 Å². The topological polar surface area (TPSA) is 62.2 Å². The van der Waals surface area contributed by atoms with Crippen molar-refractivity contribution in [1.82, 2.24) is 19.9 Å². The van der Waals surface area contributed by atoms with Crippen LogP contribution in [0.15, 0.2) is 54.3 Å². The van der Waals surface area contributed by atoms with Crippen LogP contribution in [-0.2, 0) is 0 Å². The molecule has 2 aromatic heterocycles. The van der Waals surface area contributed by atoms with E-state index >= 15 is 0 Å². The number of nitrogens with zero attached hydrogens (tertiary/aromatic N) is 5. The maximum atomic E-state index is 12.7. The van der Waals surface area contributed by atoms with Gasteiger partial charge in [-0.1, -0.05) is 30.3 Å². The molecular formula is C18H17N5OS. The molecule has 1 amide bonds. The molecule has 1 aliphatic heterocycles. The van der Waals surface area contributed by atoms with E-state index in [1.165, 1.54) is 11.3 Å². The lowest BCUT2D eigenvalue weighted by Crippen LogP contribution is -2.49. The van der Waals surface area contributed by atoms with E-state index in [4.69, 9.17) is 0 Å². The molecule has 0 bridgehead atoms. The largest absolute Gasteiger partial charge is 0.352 e. The first kappa shape index (κ1) is 15.7. The smallest absolute Gasteiger partial charge is 0.282 e. The van der Waals surface area contributed by atoms with E-state index in [1.54, 1.807) is 18.6 Å². The van der Waals surface area contributed by atoms with E-state index in [0.29, 0.717) is 18.1 Å². The number of carbonyl (C=O) groups is 1. The summed E-state index contributed by atoms with van der Waals surface area (Å²) >= 11 is 1.41. The van der Waals surface area contributed by atoms with Gasteiger partial charge in [0.1, 0.15) is 5.82 Å². The molecule has 0 atom stereocenters. The number of aromatic nitrogens is 3. The van der Waals surface area contributed by atoms with Crippen molar-refractivity contribution >= 4 is 23.1 Å². The van der Waals surface area contributed by atoms with Gasteiger partial charge in [-0.05, 0) is 0 Å². The lowest BCUT2D eigenvalue weighted by Gasteiger charge is -2.34. The van der Waals surface area contributed by atoms with Crippen LogP contribution in [0.1, 0.15) is 9.80 Å². The molecule has 1 aromatic carbocycles. The molecule has 0 radical (unpaired) electrons. The van der Waals surface area contributed by atoms with E-state index in [0.717, 1.165) is 30.2 Å². The number of thiazole rings is 1. The first-order valence-electron chi connectivity index (χ1n) is 8.12. The van der Waals surface area contributed by atoms with Crippen molar-refractivity contribution in [1.29, 1.82) is 0 Å². The Labute approximate surface area is 149 Å². The monoisotopic (exact) mass is 351 g/mol. The number of hydrogen-bond acceptors (Lipinski definition) is 6. The summed E-state index contributed by atoms with van der Waals surface area (Å²) in [5.41, 5.74) is 1.89. The summed E-state index contributed by atoms with van der Waals surface area (Å²) in [7, 11) is 0. The minimum absolute atomic E-state index is 0.00553. The minimum Gasteiger partial charge on any atom is -0.352 e. The molecule has 126 valence electrons. The number of benzene rings is 1. The van der Waals surface area contributed by atoms with Crippen LogP contribution in [0.2, 0.25) is 0 Å². The molecule has 3 heterocycles. The molecule has 3 aromatic rings. The van der Waals surface area contributed by atoms with Crippen molar-refractivity contribution in [2.45, 2.75) is 0 Å². The molecule has 1 aliphatic rings. The van der Waals surface area contributed by atoms with Gasteiger partial charge in [-0.25, -0.2) is 9.97 Å². The summed E-state index contributed by atoms with van der Waals surface area (Å²) in [5, 5.41) is 2.49. The summed E-state index contributed by atoms with van der Waals surface area (Å²) in [4.78, 5) is 29.7. The molecule has 7 heteroatoms. The Balaban J connectivity index is 1.42. The fourth-order valence-electron chi connectivity index (χ4n) is 2.84. The van der Waals surface area contributed by atoms with Gasteiger partial charge in [0.15, 0.2) is 5.01 Å². The molecule has 1 fully saturated rings. The maximum absolute atomic E-state index is 12.7. The van der Waals surface area contributed by atoms with Crippen LogP contribution in [0.5, 0.6) is 0 Å². The van der Waals surface area contributed by atoms with Crippen molar-refractivity contribution in [3.63, 3.8) is 0 Å². The highest BCUT2D eigenvalue weighted by molar-refractivity contribution is 7.12. The second kappa shape index (κ2) is 6.98. The molecular weight excluding hydrogens is 334 g/mol. The average molecular weight is 351 g/mol. The molecule has 0 N–H and O–H groups in total. The number of anilines is 1. The van der Waals surface area contributed by atoms with Gasteiger partial charge < -0.3 is 9.80 Å². The number of amides is 1. The highest BCUT2D eigenvalue weighted by Crippen LogP contribution is 2.23. The van der Waals surface area contributed by atoms with Crippen LogP contribution >= 0.6 is 11.3 Å². The zero-order valence-electron chi connectivity index (χ0n) is 13.6. The van der Waals surface area contributed by atoms with Gasteiger partial charge in [-0.2, -0.15) is 0 Å². The third-order valence-electron chi connectivity index (χ3n) is 4.20. The molecule has 0 unspecified atom stereocenters. The third-order valence-corrected chi connectivity index (χ3v) is 5.03. The van der Waals surface area contributed by atoms with E-state index in [1.807, 2.05) is 40.6 Å². The zero-order valence-corrected chi connectivity index (χ0v) is 14.4. The van der Waals surface area contributed by atoms with Gasteiger partial charge in [0.25, 0.3) is 5.91 Å². The van der Waals surface area contributed by atoms with Gasteiger partial charge in [0, 0.05) is 49.5 Å². The SMILES string of the molecule is O=C(c1nc(-c2ccccc2)cs1)N1CCN(c2cnccn2)CC1. The van der Waals surface area contributed by atoms with Gasteiger partial charge >= 0.3 is 0 Å². The van der Waals surface area contributed by atoms with Gasteiger partial charge in [-0.15, -0.1) is 11.3 Å². The average Bonchev–Trinajstić information content (AvgIpc) is 3.19. The zero-order chi connectivity index (χ0) is 17.1. The summed E-state index contributed by atoms with van der Waals surface area (Å²) in [5.74, 6) is 0.862. The van der Waals surface area contributed by atoms with Crippen LogP contribution in [0, 0.1) is 0 Å². The molecule has 25 heavy (non-hydrogen) atoms. The van der Waals surface area contributed by atoms with Crippen LogP contribution in [-0.4, -0.2) is 51.9 Å². The highest BCUT2D eigenvalue weighted by Gasteiger charge is 2.24. The predicted octanol–water partition coefficient (Wildman–Crippen LogP) is 2.56. The summed E-state index contributed by atoms with van der Waals surface area (Å²) in [6.45, 7) is 2.83. The first-order chi connectivity index (χ1) is 12.3. The quantitative estimate of drug-likeness (QED) is 0.726.